The zero-order chi connectivity index (χ0) is 16.2. The molecular formula is C13H14F5NO2. The number of hydrogen-bond donors (Lipinski definition) is 0. The molecule has 0 radical (unpaired) electrons. The Labute approximate surface area is 118 Å². The van der Waals surface area contributed by atoms with E-state index in [1.807, 2.05) is 0 Å². The van der Waals surface area contributed by atoms with Gasteiger partial charge in [-0.15, -0.1) is 0 Å². The highest BCUT2D eigenvalue weighted by Gasteiger charge is 2.29. The Morgan fingerprint density at radius 3 is 1.86 bits per heavy atom. The maximum atomic E-state index is 13.7. The molecule has 0 atom stereocenters. The van der Waals surface area contributed by atoms with E-state index in [0.29, 0.717) is 6.42 Å². The highest BCUT2D eigenvalue weighted by molar-refractivity contribution is 5.76. The quantitative estimate of drug-likeness (QED) is 0.350. The number of rotatable bonds is 6. The minimum atomic E-state index is -2.23. The van der Waals surface area contributed by atoms with Crippen LogP contribution in [0.15, 0.2) is 0 Å². The largest absolute Gasteiger partial charge is 0.465 e. The van der Waals surface area contributed by atoms with Crippen molar-refractivity contribution in [2.75, 3.05) is 24.6 Å². The molecule has 8 heteroatoms. The summed E-state index contributed by atoms with van der Waals surface area (Å²) in [5.74, 6) is -11.1. The van der Waals surface area contributed by atoms with Gasteiger partial charge in [0.15, 0.2) is 23.3 Å². The number of nitrogens with zero attached hydrogens (tertiary/aromatic N) is 1. The first-order valence-corrected chi connectivity index (χ1v) is 6.27. The van der Waals surface area contributed by atoms with Crippen molar-refractivity contribution in [3.8, 4) is 0 Å². The molecule has 0 fully saturated rings. The second kappa shape index (κ2) is 7.24. The highest BCUT2D eigenvalue weighted by Crippen LogP contribution is 2.30. The summed E-state index contributed by atoms with van der Waals surface area (Å²) in [4.78, 5) is 12.2. The predicted molar refractivity (Wildman–Crippen MR) is 65.4 cm³/mol. The third-order valence-electron chi connectivity index (χ3n) is 2.62. The molecule has 0 aliphatic heterocycles. The van der Waals surface area contributed by atoms with Gasteiger partial charge in [-0.3, -0.25) is 4.79 Å². The van der Waals surface area contributed by atoms with E-state index in [4.69, 9.17) is 0 Å². The molecule has 118 valence electrons. The monoisotopic (exact) mass is 311 g/mol. The Kier molecular flexibility index (Phi) is 5.92. The molecule has 0 spiro atoms. The molecule has 0 amide bonds. The van der Waals surface area contributed by atoms with Gasteiger partial charge in [0.05, 0.1) is 6.61 Å². The molecule has 0 aliphatic carbocycles. The minimum Gasteiger partial charge on any atom is -0.465 e. The summed E-state index contributed by atoms with van der Waals surface area (Å²) < 4.78 is 71.4. The Balaban J connectivity index is 3.28. The Hall–Kier alpha value is -1.86. The van der Waals surface area contributed by atoms with Crippen molar-refractivity contribution in [2.24, 2.45) is 0 Å². The Morgan fingerprint density at radius 2 is 1.43 bits per heavy atom. The molecule has 0 saturated heterocycles. The van der Waals surface area contributed by atoms with Crippen LogP contribution < -0.4 is 4.90 Å². The molecule has 21 heavy (non-hydrogen) atoms. The molecule has 0 bridgehead atoms. The average Bonchev–Trinajstić information content (AvgIpc) is 2.43. The molecule has 0 N–H and O–H groups in total. The van der Waals surface area contributed by atoms with Gasteiger partial charge in [0, 0.05) is 6.54 Å². The fraction of sp³-hybridized carbons (Fsp3) is 0.462. The third-order valence-corrected chi connectivity index (χ3v) is 2.62. The lowest BCUT2D eigenvalue weighted by Crippen LogP contribution is -2.34. The first-order valence-electron chi connectivity index (χ1n) is 6.27. The molecule has 0 aromatic heterocycles. The van der Waals surface area contributed by atoms with Crippen LogP contribution in [-0.4, -0.2) is 25.7 Å². The number of benzene rings is 1. The summed E-state index contributed by atoms with van der Waals surface area (Å²) in [5.41, 5.74) is -1.12. The highest BCUT2D eigenvalue weighted by atomic mass is 19.2. The summed E-state index contributed by atoms with van der Waals surface area (Å²) in [6.45, 7) is 2.51. The number of hydrogen-bond acceptors (Lipinski definition) is 3. The molecule has 0 heterocycles. The van der Waals surface area contributed by atoms with Gasteiger partial charge in [-0.05, 0) is 13.3 Å². The summed E-state index contributed by atoms with van der Waals surface area (Å²) in [6, 6.07) is 0. The molecule has 1 aromatic carbocycles. The molecule has 1 aromatic rings. The van der Waals surface area contributed by atoms with Crippen molar-refractivity contribution in [1.82, 2.24) is 0 Å². The zero-order valence-electron chi connectivity index (χ0n) is 11.5. The van der Waals surface area contributed by atoms with Gasteiger partial charge < -0.3 is 9.64 Å². The van der Waals surface area contributed by atoms with Crippen molar-refractivity contribution in [2.45, 2.75) is 20.3 Å². The molecule has 3 nitrogen and oxygen atoms in total. The molecule has 0 aliphatic rings. The average molecular weight is 311 g/mol. The number of carbonyl (C=O) groups excluding carboxylic acids is 1. The van der Waals surface area contributed by atoms with Gasteiger partial charge in [-0.2, -0.15) is 0 Å². The summed E-state index contributed by atoms with van der Waals surface area (Å²) in [5, 5.41) is 0. The fourth-order valence-corrected chi connectivity index (χ4v) is 1.77. The molecular weight excluding hydrogens is 297 g/mol. The SMILES string of the molecule is CCCN(CC(=O)OCC)c1c(F)c(F)c(F)c(F)c1F. The second-order valence-corrected chi connectivity index (χ2v) is 4.15. The van der Waals surface area contributed by atoms with Crippen LogP contribution in [0.5, 0.6) is 0 Å². The van der Waals surface area contributed by atoms with Gasteiger partial charge in [0.2, 0.25) is 5.82 Å². The Bertz CT molecular complexity index is 507. The molecule has 0 saturated carbocycles. The lowest BCUT2D eigenvalue weighted by atomic mass is 10.2. The standard InChI is InChI=1S/C13H14F5NO2/c1-3-5-19(6-7(20)21-4-2)13-11(17)9(15)8(14)10(16)12(13)18/h3-6H2,1-2H3. The van der Waals surface area contributed by atoms with Crippen LogP contribution in [0.4, 0.5) is 27.6 Å². The van der Waals surface area contributed by atoms with Gasteiger partial charge in [-0.1, -0.05) is 6.92 Å². The maximum Gasteiger partial charge on any atom is 0.325 e. The number of carbonyl (C=O) groups is 1. The van der Waals surface area contributed by atoms with Crippen LogP contribution in [-0.2, 0) is 9.53 Å². The van der Waals surface area contributed by atoms with Gasteiger partial charge in [-0.25, -0.2) is 22.0 Å². The van der Waals surface area contributed by atoms with Crippen molar-refractivity contribution in [1.29, 1.82) is 0 Å². The van der Waals surface area contributed by atoms with E-state index >= 15 is 0 Å². The van der Waals surface area contributed by atoms with Crippen LogP contribution in [0, 0.1) is 29.1 Å². The third kappa shape index (κ3) is 3.62. The summed E-state index contributed by atoms with van der Waals surface area (Å²) in [6.07, 6.45) is 0.332. The molecule has 0 unspecified atom stereocenters. The minimum absolute atomic E-state index is 0.0376. The zero-order valence-corrected chi connectivity index (χ0v) is 11.5. The van der Waals surface area contributed by atoms with E-state index in [-0.39, 0.29) is 13.2 Å². The van der Waals surface area contributed by atoms with Crippen LogP contribution in [0.1, 0.15) is 20.3 Å². The van der Waals surface area contributed by atoms with Gasteiger partial charge in [0.25, 0.3) is 0 Å². The van der Waals surface area contributed by atoms with Crippen molar-refractivity contribution in [3.05, 3.63) is 29.1 Å². The topological polar surface area (TPSA) is 29.5 Å². The van der Waals surface area contributed by atoms with Gasteiger partial charge >= 0.3 is 5.97 Å². The first kappa shape index (κ1) is 17.2. The number of halogens is 5. The van der Waals surface area contributed by atoms with Crippen molar-refractivity contribution in [3.63, 3.8) is 0 Å². The van der Waals surface area contributed by atoms with Crippen LogP contribution >= 0.6 is 0 Å². The van der Waals surface area contributed by atoms with E-state index in [1.54, 1.807) is 6.92 Å². The van der Waals surface area contributed by atoms with Crippen LogP contribution in [0.25, 0.3) is 0 Å². The van der Waals surface area contributed by atoms with Gasteiger partial charge in [0.1, 0.15) is 12.2 Å². The van der Waals surface area contributed by atoms with E-state index in [9.17, 15) is 26.7 Å². The number of anilines is 1. The maximum absolute atomic E-state index is 13.7. The first-order chi connectivity index (χ1) is 9.84. The van der Waals surface area contributed by atoms with Crippen molar-refractivity contribution >= 4 is 11.7 Å². The van der Waals surface area contributed by atoms with E-state index < -0.39 is 47.3 Å². The van der Waals surface area contributed by atoms with Crippen LogP contribution in [0.3, 0.4) is 0 Å². The Morgan fingerprint density at radius 1 is 0.952 bits per heavy atom. The normalized spacial score (nSPS) is 10.6. The fourth-order valence-electron chi connectivity index (χ4n) is 1.77. The van der Waals surface area contributed by atoms with E-state index in [1.165, 1.54) is 6.92 Å². The second-order valence-electron chi connectivity index (χ2n) is 4.15. The van der Waals surface area contributed by atoms with E-state index in [2.05, 4.69) is 4.74 Å². The van der Waals surface area contributed by atoms with E-state index in [0.717, 1.165) is 4.90 Å². The smallest absolute Gasteiger partial charge is 0.325 e. The lowest BCUT2D eigenvalue weighted by Gasteiger charge is -2.24. The van der Waals surface area contributed by atoms with Crippen molar-refractivity contribution < 1.29 is 31.5 Å². The number of ether oxygens (including phenoxy) is 1. The summed E-state index contributed by atoms with van der Waals surface area (Å²) in [7, 11) is 0. The lowest BCUT2D eigenvalue weighted by molar-refractivity contribution is -0.141. The molecule has 1 rings (SSSR count). The number of esters is 1. The predicted octanol–water partition coefficient (Wildman–Crippen LogP) is 3.16. The van der Waals surface area contributed by atoms with Crippen LogP contribution in [0.2, 0.25) is 0 Å². The summed E-state index contributed by atoms with van der Waals surface area (Å²) >= 11 is 0.